The van der Waals surface area contributed by atoms with Crippen LogP contribution in [0.25, 0.3) is 10.9 Å². The number of nitrogens with zero attached hydrogens (tertiary/aromatic N) is 7. The van der Waals surface area contributed by atoms with Crippen LogP contribution >= 0.6 is 0 Å². The first kappa shape index (κ1) is 39.3. The summed E-state index contributed by atoms with van der Waals surface area (Å²) < 4.78 is 83.7. The summed E-state index contributed by atoms with van der Waals surface area (Å²) in [5.74, 6) is 6.68. The van der Waals surface area contributed by atoms with E-state index in [0.29, 0.717) is 36.6 Å². The third-order valence-electron chi connectivity index (χ3n) is 10.6. The lowest BCUT2D eigenvalue weighted by molar-refractivity contribution is -0.138. The minimum atomic E-state index is -4.53. The second-order valence-corrected chi connectivity index (χ2v) is 15.7. The molecule has 4 aromatic rings. The number of anilines is 2. The van der Waals surface area contributed by atoms with E-state index in [1.165, 1.54) is 23.1 Å². The molecule has 3 amide bonds. The fourth-order valence-electron chi connectivity index (χ4n) is 7.36. The molecule has 3 fully saturated rings. The number of benzene rings is 2. The molecule has 56 heavy (non-hydrogen) atoms. The summed E-state index contributed by atoms with van der Waals surface area (Å²) in [6, 6.07) is 9.48. The lowest BCUT2D eigenvalue weighted by Gasteiger charge is -2.34. The molecule has 2 aromatic heterocycles. The second-order valence-electron chi connectivity index (χ2n) is 14.2. The molecule has 296 valence electrons. The van der Waals surface area contributed by atoms with Gasteiger partial charge in [-0.05, 0) is 81.4 Å². The molecule has 3 aliphatic rings. The van der Waals surface area contributed by atoms with Gasteiger partial charge in [-0.1, -0.05) is 24.0 Å². The molecule has 0 radical (unpaired) electrons. The van der Waals surface area contributed by atoms with Crippen molar-refractivity contribution in [1.29, 1.82) is 0 Å². The van der Waals surface area contributed by atoms with Gasteiger partial charge in [-0.25, -0.2) is 32.1 Å². The number of rotatable bonds is 8. The average molecular weight is 798 g/mol. The maximum absolute atomic E-state index is 14.1. The Morgan fingerprint density at radius 1 is 0.964 bits per heavy atom. The number of urea groups is 1. The van der Waals surface area contributed by atoms with E-state index in [-0.39, 0.29) is 53.9 Å². The van der Waals surface area contributed by atoms with Crippen molar-refractivity contribution in [3.63, 3.8) is 0 Å². The molecule has 3 saturated heterocycles. The van der Waals surface area contributed by atoms with Crippen LogP contribution in [0.15, 0.2) is 53.7 Å². The summed E-state index contributed by atoms with van der Waals surface area (Å²) in [6.07, 6.45) is -2.88. The van der Waals surface area contributed by atoms with Crippen LogP contribution in [0.4, 0.5) is 38.5 Å². The first-order valence-electron chi connectivity index (χ1n) is 18.3. The number of carbonyl (C=O) groups excluding carboxylic acids is 2. The molecule has 5 heterocycles. The molecule has 0 aliphatic carbocycles. The molecule has 7 rings (SSSR count). The van der Waals surface area contributed by atoms with Crippen molar-refractivity contribution >= 4 is 45.6 Å². The van der Waals surface area contributed by atoms with Crippen molar-refractivity contribution in [1.82, 2.24) is 34.3 Å². The predicted molar refractivity (Wildman–Crippen MR) is 199 cm³/mol. The van der Waals surface area contributed by atoms with Crippen LogP contribution in [0.5, 0.6) is 0 Å². The maximum atomic E-state index is 14.1. The van der Waals surface area contributed by atoms with Gasteiger partial charge in [0.25, 0.3) is 6.43 Å². The molecule has 2 N–H and O–H groups in total. The Morgan fingerprint density at radius 2 is 1.68 bits per heavy atom. The zero-order chi connectivity index (χ0) is 39.7. The lowest BCUT2D eigenvalue weighted by Crippen LogP contribution is -2.49. The Balaban J connectivity index is 0.957. The molecule has 18 heteroatoms. The largest absolute Gasteiger partial charge is 0.419 e. The van der Waals surface area contributed by atoms with Crippen LogP contribution in [0.2, 0.25) is 0 Å². The van der Waals surface area contributed by atoms with Crippen molar-refractivity contribution in [3.05, 3.63) is 71.0 Å². The SMILES string of the molecule is CC(C#Cc1cc(S(=O)N2CCC(Nc3ncc(C(F)(F)F)cn3)CC2)ccc1C(F)F)N1CCC(c2ccc3c(N4CCC(=O)NC4=O)nn(C)c3c2)CC1. The first-order chi connectivity index (χ1) is 26.7. The standard InChI is InChI=1S/C38H40F5N9O3S/c1-23(50-14-9-24(10-15-50)25-5-7-31-32(20-25)49(2)48-35(31)52-18-13-33(53)47-37(52)54)3-4-26-19-29(6-8-30(26)34(39)40)56(55)51-16-11-28(12-17-51)46-36-44-21-27(22-45-36)38(41,42)43/h5-8,19-24,28,34H,9-18H2,1-2H3,(H,44,45,46)(H,47,53,54). The number of fused-ring (bicyclic) bond motifs is 1. The fraction of sp³-hybridized carbons (Fsp3) is 0.447. The van der Waals surface area contributed by atoms with E-state index in [4.69, 9.17) is 0 Å². The highest BCUT2D eigenvalue weighted by molar-refractivity contribution is 7.82. The van der Waals surface area contributed by atoms with Crippen molar-refractivity contribution in [2.45, 2.75) is 74.5 Å². The zero-order valence-electron chi connectivity index (χ0n) is 30.7. The van der Waals surface area contributed by atoms with Gasteiger partial charge in [-0.15, -0.1) is 0 Å². The Bertz CT molecular complexity index is 2190. The normalized spacial score (nSPS) is 19.2. The van der Waals surface area contributed by atoms with Crippen LogP contribution < -0.4 is 15.5 Å². The molecule has 0 saturated carbocycles. The number of hydrogen-bond acceptors (Lipinski definition) is 8. The van der Waals surface area contributed by atoms with Crippen LogP contribution in [0.1, 0.15) is 73.6 Å². The molecule has 2 atom stereocenters. The summed E-state index contributed by atoms with van der Waals surface area (Å²) in [6.45, 7) is 4.50. The molecular formula is C38H40F5N9O3S. The molecule has 2 aromatic carbocycles. The molecule has 12 nitrogen and oxygen atoms in total. The first-order valence-corrected chi connectivity index (χ1v) is 19.4. The number of carbonyl (C=O) groups is 2. The summed E-state index contributed by atoms with van der Waals surface area (Å²) in [5, 5.41) is 10.8. The van der Waals surface area contributed by atoms with Crippen molar-refractivity contribution < 1.29 is 35.8 Å². The van der Waals surface area contributed by atoms with Gasteiger partial charge in [-0.3, -0.25) is 24.6 Å². The van der Waals surface area contributed by atoms with E-state index >= 15 is 0 Å². The van der Waals surface area contributed by atoms with Crippen molar-refractivity contribution in [2.75, 3.05) is 42.9 Å². The third-order valence-corrected chi connectivity index (χ3v) is 12.1. The number of imide groups is 1. The Hall–Kier alpha value is -4.99. The van der Waals surface area contributed by atoms with Gasteiger partial charge in [0, 0.05) is 68.1 Å². The predicted octanol–water partition coefficient (Wildman–Crippen LogP) is 5.98. The van der Waals surface area contributed by atoms with E-state index < -0.39 is 35.2 Å². The number of amides is 3. The number of nitrogens with one attached hydrogen (secondary N) is 2. The number of alkyl halides is 5. The minimum Gasteiger partial charge on any atom is -0.351 e. The van der Waals surface area contributed by atoms with Gasteiger partial charge < -0.3 is 5.32 Å². The molecule has 0 spiro atoms. The van der Waals surface area contributed by atoms with E-state index in [9.17, 15) is 35.8 Å². The van der Waals surface area contributed by atoms with Gasteiger partial charge in [0.15, 0.2) is 5.82 Å². The van der Waals surface area contributed by atoms with Crippen LogP contribution in [0.3, 0.4) is 0 Å². The smallest absolute Gasteiger partial charge is 0.351 e. The van der Waals surface area contributed by atoms with Crippen molar-refractivity contribution in [2.24, 2.45) is 7.05 Å². The van der Waals surface area contributed by atoms with E-state index in [1.54, 1.807) is 8.99 Å². The van der Waals surface area contributed by atoms with E-state index in [1.807, 2.05) is 20.0 Å². The topological polar surface area (TPSA) is 129 Å². The Labute approximate surface area is 322 Å². The van der Waals surface area contributed by atoms with Crippen LogP contribution in [-0.2, 0) is 29.0 Å². The number of aromatic nitrogens is 4. The quantitative estimate of drug-likeness (QED) is 0.165. The monoisotopic (exact) mass is 797 g/mol. The summed E-state index contributed by atoms with van der Waals surface area (Å²) in [7, 11) is 0.184. The van der Waals surface area contributed by atoms with E-state index in [0.717, 1.165) is 54.8 Å². The summed E-state index contributed by atoms with van der Waals surface area (Å²) in [4.78, 5) is 35.7. The second kappa shape index (κ2) is 16.2. The highest BCUT2D eigenvalue weighted by atomic mass is 32.2. The van der Waals surface area contributed by atoms with Gasteiger partial charge in [0.1, 0.15) is 11.0 Å². The number of piperidine rings is 2. The maximum Gasteiger partial charge on any atom is 0.419 e. The molecular weight excluding hydrogens is 758 g/mol. The zero-order valence-corrected chi connectivity index (χ0v) is 31.5. The number of aryl methyl sites for hydroxylation is 1. The number of hydrogen-bond donors (Lipinski definition) is 2. The fourth-order valence-corrected chi connectivity index (χ4v) is 8.60. The third kappa shape index (κ3) is 8.54. The number of likely N-dealkylation sites (tertiary alicyclic amines) is 1. The average Bonchev–Trinajstić information content (AvgIpc) is 3.51. The number of halogens is 5. The molecule has 0 bridgehead atoms. The van der Waals surface area contributed by atoms with Crippen LogP contribution in [0, 0.1) is 11.8 Å². The molecule has 3 aliphatic heterocycles. The van der Waals surface area contributed by atoms with Crippen LogP contribution in [-0.4, -0.2) is 89.9 Å². The van der Waals surface area contributed by atoms with Gasteiger partial charge >= 0.3 is 12.2 Å². The van der Waals surface area contributed by atoms with Crippen molar-refractivity contribution in [3.8, 4) is 11.8 Å². The Kier molecular flexibility index (Phi) is 11.4. The summed E-state index contributed by atoms with van der Waals surface area (Å²) in [5.41, 5.74) is 0.998. The van der Waals surface area contributed by atoms with Gasteiger partial charge in [0.2, 0.25) is 11.9 Å². The summed E-state index contributed by atoms with van der Waals surface area (Å²) >= 11 is 0. The van der Waals surface area contributed by atoms with E-state index in [2.05, 4.69) is 54.6 Å². The Morgan fingerprint density at radius 3 is 2.34 bits per heavy atom. The minimum absolute atomic E-state index is 0.0757. The van der Waals surface area contributed by atoms with Gasteiger partial charge in [-0.2, -0.15) is 18.3 Å². The highest BCUT2D eigenvalue weighted by Crippen LogP contribution is 2.34. The van der Waals surface area contributed by atoms with Gasteiger partial charge in [0.05, 0.1) is 22.0 Å². The lowest BCUT2D eigenvalue weighted by atomic mass is 9.88. The highest BCUT2D eigenvalue weighted by Gasteiger charge is 2.32. The molecule has 2 unspecified atom stereocenters.